The maximum atomic E-state index is 13.1. The fourth-order valence-corrected chi connectivity index (χ4v) is 3.76. The molecule has 0 aliphatic heterocycles. The van der Waals surface area contributed by atoms with Crippen molar-refractivity contribution in [1.82, 2.24) is 25.1 Å². The van der Waals surface area contributed by atoms with E-state index in [1.54, 1.807) is 4.68 Å². The van der Waals surface area contributed by atoms with Gasteiger partial charge < -0.3 is 4.90 Å². The summed E-state index contributed by atoms with van der Waals surface area (Å²) >= 11 is 1.37. The lowest BCUT2D eigenvalue weighted by Gasteiger charge is -2.24. The quantitative estimate of drug-likeness (QED) is 0.599. The number of tetrazole rings is 1. The lowest BCUT2D eigenvalue weighted by molar-refractivity contribution is -0.130. The van der Waals surface area contributed by atoms with Crippen molar-refractivity contribution in [1.29, 1.82) is 0 Å². The van der Waals surface area contributed by atoms with Crippen molar-refractivity contribution in [2.45, 2.75) is 24.3 Å². The zero-order valence-electron chi connectivity index (χ0n) is 14.8. The molecule has 1 unspecified atom stereocenters. The smallest absolute Gasteiger partial charge is 0.240 e. The predicted molar refractivity (Wildman–Crippen MR) is 102 cm³/mol. The molecule has 0 radical (unpaired) electrons. The van der Waals surface area contributed by atoms with Crippen LogP contribution in [0.2, 0.25) is 0 Å². The third-order valence-electron chi connectivity index (χ3n) is 4.07. The fourth-order valence-electron chi connectivity index (χ4n) is 2.68. The van der Waals surface area contributed by atoms with E-state index >= 15 is 0 Å². The van der Waals surface area contributed by atoms with Gasteiger partial charge in [-0.05, 0) is 42.0 Å². The third-order valence-corrected chi connectivity index (χ3v) is 5.24. The zero-order chi connectivity index (χ0) is 18.4. The lowest BCUT2D eigenvalue weighted by Crippen LogP contribution is -2.34. The van der Waals surface area contributed by atoms with E-state index in [1.807, 2.05) is 79.4 Å². The Morgan fingerprint density at radius 2 is 1.65 bits per heavy atom. The third kappa shape index (κ3) is 3.94. The first-order valence-electron chi connectivity index (χ1n) is 8.58. The monoisotopic (exact) mass is 367 g/mol. The molecule has 0 spiro atoms. The lowest BCUT2D eigenvalue weighted by atomic mass is 10.1. The number of nitrogens with zero attached hydrogens (tertiary/aromatic N) is 5. The van der Waals surface area contributed by atoms with Gasteiger partial charge >= 0.3 is 0 Å². The van der Waals surface area contributed by atoms with Gasteiger partial charge in [0.05, 0.1) is 5.69 Å². The van der Waals surface area contributed by atoms with E-state index in [4.69, 9.17) is 0 Å². The number of rotatable bonds is 7. The van der Waals surface area contributed by atoms with E-state index < -0.39 is 5.25 Å². The van der Waals surface area contributed by atoms with E-state index in [0.717, 1.165) is 11.3 Å². The summed E-state index contributed by atoms with van der Waals surface area (Å²) in [7, 11) is 0. The minimum Gasteiger partial charge on any atom is -0.342 e. The molecular weight excluding hydrogens is 346 g/mol. The van der Waals surface area contributed by atoms with Crippen LogP contribution in [0.15, 0.2) is 65.8 Å². The molecule has 1 atom stereocenters. The van der Waals surface area contributed by atoms with Gasteiger partial charge in [0.1, 0.15) is 5.25 Å². The Morgan fingerprint density at radius 3 is 2.27 bits per heavy atom. The van der Waals surface area contributed by atoms with Gasteiger partial charge in [0.2, 0.25) is 11.1 Å². The number of thioether (sulfide) groups is 1. The van der Waals surface area contributed by atoms with Gasteiger partial charge in [-0.1, -0.05) is 60.3 Å². The molecule has 3 aromatic rings. The van der Waals surface area contributed by atoms with Crippen LogP contribution >= 0.6 is 11.8 Å². The van der Waals surface area contributed by atoms with Crippen LogP contribution in [0.4, 0.5) is 0 Å². The van der Waals surface area contributed by atoms with E-state index in [1.165, 1.54) is 11.8 Å². The normalized spacial score (nSPS) is 11.9. The highest BCUT2D eigenvalue weighted by molar-refractivity contribution is 8.00. The molecule has 0 N–H and O–H groups in total. The molecule has 1 amide bonds. The van der Waals surface area contributed by atoms with Crippen molar-refractivity contribution in [3.05, 3.63) is 66.2 Å². The van der Waals surface area contributed by atoms with E-state index in [9.17, 15) is 4.79 Å². The topological polar surface area (TPSA) is 63.9 Å². The molecule has 0 aliphatic rings. The number of para-hydroxylation sites is 1. The van der Waals surface area contributed by atoms with E-state index in [0.29, 0.717) is 18.2 Å². The molecule has 0 fully saturated rings. The first-order chi connectivity index (χ1) is 12.7. The molecule has 0 aliphatic carbocycles. The van der Waals surface area contributed by atoms with Crippen LogP contribution in [0.3, 0.4) is 0 Å². The van der Waals surface area contributed by atoms with Crippen LogP contribution in [-0.4, -0.2) is 44.1 Å². The number of aromatic nitrogens is 4. The van der Waals surface area contributed by atoms with Crippen molar-refractivity contribution in [2.75, 3.05) is 13.1 Å². The molecule has 0 saturated heterocycles. The Morgan fingerprint density at radius 1 is 1.04 bits per heavy atom. The number of likely N-dealkylation sites (N-methyl/N-ethyl adjacent to an activating group) is 1. The van der Waals surface area contributed by atoms with E-state index in [-0.39, 0.29) is 5.91 Å². The molecule has 3 rings (SSSR count). The van der Waals surface area contributed by atoms with Gasteiger partial charge in [0.15, 0.2) is 0 Å². The number of amides is 1. The number of hydrogen-bond donors (Lipinski definition) is 0. The number of carbonyl (C=O) groups is 1. The molecule has 1 aromatic heterocycles. The molecule has 6 nitrogen and oxygen atoms in total. The Balaban J connectivity index is 1.95. The second-order valence-corrected chi connectivity index (χ2v) is 6.70. The average molecular weight is 367 g/mol. The van der Waals surface area contributed by atoms with Gasteiger partial charge in [0, 0.05) is 13.1 Å². The van der Waals surface area contributed by atoms with Gasteiger partial charge in [-0.25, -0.2) is 0 Å². The summed E-state index contributed by atoms with van der Waals surface area (Å²) in [5, 5.41) is 12.2. The van der Waals surface area contributed by atoms with Gasteiger partial charge in [-0.15, -0.1) is 5.10 Å². The second kappa shape index (κ2) is 8.62. The standard InChI is InChI=1S/C19H21N5OS/c1-3-23(4-2)18(25)17(15-11-7-5-8-12-15)26-19-20-21-22-24(19)16-13-9-6-10-14-16/h5-14,17H,3-4H2,1-2H3. The van der Waals surface area contributed by atoms with Crippen LogP contribution in [0.1, 0.15) is 24.7 Å². The summed E-state index contributed by atoms with van der Waals surface area (Å²) in [6.45, 7) is 5.32. The van der Waals surface area contributed by atoms with Crippen molar-refractivity contribution in [2.24, 2.45) is 0 Å². The first-order valence-corrected chi connectivity index (χ1v) is 9.46. The molecular formula is C19H21N5OS. The Bertz CT molecular complexity index is 833. The summed E-state index contributed by atoms with van der Waals surface area (Å²) < 4.78 is 1.66. The highest BCUT2D eigenvalue weighted by Crippen LogP contribution is 2.36. The Hall–Kier alpha value is -2.67. The summed E-state index contributed by atoms with van der Waals surface area (Å²) in [5.74, 6) is 0.0637. The van der Waals surface area contributed by atoms with Gasteiger partial charge in [-0.2, -0.15) is 4.68 Å². The SMILES string of the molecule is CCN(CC)C(=O)C(Sc1nnnn1-c1ccccc1)c1ccccc1. The van der Waals surface area contributed by atoms with Crippen molar-refractivity contribution >= 4 is 17.7 Å². The van der Waals surface area contributed by atoms with Crippen LogP contribution in [0, 0.1) is 0 Å². The highest BCUT2D eigenvalue weighted by atomic mass is 32.2. The number of carbonyl (C=O) groups excluding carboxylic acids is 1. The maximum absolute atomic E-state index is 13.1. The van der Waals surface area contributed by atoms with Crippen LogP contribution in [-0.2, 0) is 4.79 Å². The zero-order valence-corrected chi connectivity index (χ0v) is 15.6. The van der Waals surface area contributed by atoms with Gasteiger partial charge in [-0.3, -0.25) is 4.79 Å². The maximum Gasteiger partial charge on any atom is 0.240 e. The fraction of sp³-hybridized carbons (Fsp3) is 0.263. The minimum atomic E-state index is -0.399. The van der Waals surface area contributed by atoms with Crippen LogP contribution in [0.25, 0.3) is 5.69 Å². The van der Waals surface area contributed by atoms with Crippen molar-refractivity contribution < 1.29 is 4.79 Å². The van der Waals surface area contributed by atoms with Crippen molar-refractivity contribution in [3.63, 3.8) is 0 Å². The van der Waals surface area contributed by atoms with Gasteiger partial charge in [0.25, 0.3) is 0 Å². The Kier molecular flexibility index (Phi) is 6.01. The molecule has 134 valence electrons. The summed E-state index contributed by atoms with van der Waals surface area (Å²) in [5.41, 5.74) is 1.80. The predicted octanol–water partition coefficient (Wildman–Crippen LogP) is 3.36. The number of benzene rings is 2. The molecule has 2 aromatic carbocycles. The summed E-state index contributed by atoms with van der Waals surface area (Å²) in [4.78, 5) is 14.9. The molecule has 26 heavy (non-hydrogen) atoms. The van der Waals surface area contributed by atoms with E-state index in [2.05, 4.69) is 15.5 Å². The minimum absolute atomic E-state index is 0.0637. The summed E-state index contributed by atoms with van der Waals surface area (Å²) in [6, 6.07) is 19.4. The molecule has 0 bridgehead atoms. The first kappa shape index (κ1) is 18.1. The molecule has 7 heteroatoms. The highest BCUT2D eigenvalue weighted by Gasteiger charge is 2.28. The Labute approximate surface area is 157 Å². The average Bonchev–Trinajstić information content (AvgIpc) is 3.16. The number of hydrogen-bond acceptors (Lipinski definition) is 5. The molecule has 0 saturated carbocycles. The van der Waals surface area contributed by atoms with Crippen LogP contribution in [0.5, 0.6) is 0 Å². The summed E-state index contributed by atoms with van der Waals surface area (Å²) in [6.07, 6.45) is 0. The largest absolute Gasteiger partial charge is 0.342 e. The second-order valence-electron chi connectivity index (χ2n) is 5.63. The van der Waals surface area contributed by atoms with Crippen LogP contribution < -0.4 is 0 Å². The van der Waals surface area contributed by atoms with Crippen molar-refractivity contribution in [3.8, 4) is 5.69 Å². The molecule has 1 heterocycles.